The van der Waals surface area contributed by atoms with Crippen molar-refractivity contribution in [3.05, 3.63) is 16.1 Å². The summed E-state index contributed by atoms with van der Waals surface area (Å²) in [5.41, 5.74) is 1.32. The van der Waals surface area contributed by atoms with E-state index in [1.807, 2.05) is 18.8 Å². The van der Waals surface area contributed by atoms with Crippen molar-refractivity contribution < 1.29 is 0 Å². The molecule has 6 heteroatoms. The molecule has 2 N–H and O–H groups in total. The van der Waals surface area contributed by atoms with Gasteiger partial charge < -0.3 is 10.6 Å². The van der Waals surface area contributed by atoms with Crippen molar-refractivity contribution in [3.63, 3.8) is 0 Å². The van der Waals surface area contributed by atoms with Gasteiger partial charge in [0.2, 0.25) is 0 Å². The highest BCUT2D eigenvalue weighted by Gasteiger charge is 2.22. The minimum absolute atomic E-state index is 0.134. The zero-order valence-electron chi connectivity index (χ0n) is 15.7. The number of thiazole rings is 1. The van der Waals surface area contributed by atoms with E-state index < -0.39 is 0 Å². The summed E-state index contributed by atoms with van der Waals surface area (Å²) in [6.07, 6.45) is 8.32. The van der Waals surface area contributed by atoms with Crippen LogP contribution >= 0.6 is 23.1 Å². The van der Waals surface area contributed by atoms with Gasteiger partial charge in [-0.15, -0.1) is 11.3 Å². The molecule has 1 heterocycles. The van der Waals surface area contributed by atoms with Gasteiger partial charge >= 0.3 is 0 Å². The van der Waals surface area contributed by atoms with Gasteiger partial charge in [0.05, 0.1) is 10.7 Å². The molecule has 0 bridgehead atoms. The smallest absolute Gasteiger partial charge is 0.191 e. The van der Waals surface area contributed by atoms with E-state index >= 15 is 0 Å². The quantitative estimate of drug-likeness (QED) is 0.613. The first-order chi connectivity index (χ1) is 11.4. The average Bonchev–Trinajstić information content (AvgIpc) is 3.03. The van der Waals surface area contributed by atoms with Crippen LogP contribution in [0.4, 0.5) is 0 Å². The van der Waals surface area contributed by atoms with Crippen LogP contribution < -0.4 is 10.6 Å². The molecule has 0 spiro atoms. The molecule has 0 radical (unpaired) electrons. The highest BCUT2D eigenvalue weighted by molar-refractivity contribution is 7.99. The van der Waals surface area contributed by atoms with Crippen LogP contribution in [0.15, 0.2) is 10.4 Å². The molecule has 0 saturated heterocycles. The van der Waals surface area contributed by atoms with Crippen LogP contribution in [0.3, 0.4) is 0 Å². The number of nitrogens with zero attached hydrogens (tertiary/aromatic N) is 2. The maximum absolute atomic E-state index is 4.76. The Morgan fingerprint density at radius 2 is 2.21 bits per heavy atom. The Morgan fingerprint density at radius 3 is 2.83 bits per heavy atom. The molecular weight excluding hydrogens is 336 g/mol. The molecule has 1 saturated carbocycles. The first-order valence-electron chi connectivity index (χ1n) is 8.87. The van der Waals surface area contributed by atoms with Gasteiger partial charge in [0.1, 0.15) is 0 Å². The third kappa shape index (κ3) is 5.96. The summed E-state index contributed by atoms with van der Waals surface area (Å²) in [5.74, 6) is 0.925. The average molecular weight is 369 g/mol. The molecule has 0 aliphatic heterocycles. The molecule has 136 valence electrons. The van der Waals surface area contributed by atoms with Crippen LogP contribution in [0, 0.1) is 0 Å². The van der Waals surface area contributed by atoms with Gasteiger partial charge in [-0.2, -0.15) is 11.8 Å². The van der Waals surface area contributed by atoms with Crippen molar-refractivity contribution in [2.75, 3.05) is 19.8 Å². The van der Waals surface area contributed by atoms with Gasteiger partial charge in [-0.1, -0.05) is 27.2 Å². The predicted molar refractivity (Wildman–Crippen MR) is 109 cm³/mol. The second-order valence-electron chi connectivity index (χ2n) is 7.49. The fourth-order valence-electron chi connectivity index (χ4n) is 2.94. The summed E-state index contributed by atoms with van der Waals surface area (Å²) >= 11 is 3.76. The molecule has 2 unspecified atom stereocenters. The molecule has 1 aromatic rings. The number of aliphatic imine (C=N–C) groups is 1. The van der Waals surface area contributed by atoms with E-state index in [1.54, 1.807) is 11.3 Å². The SMILES string of the molecule is CN=C(NCCc1nc(C(C)(C)C)cs1)NC1CCCC(SC)C1. The number of guanidine groups is 1. The Morgan fingerprint density at radius 1 is 1.42 bits per heavy atom. The van der Waals surface area contributed by atoms with Crippen molar-refractivity contribution in [2.45, 2.75) is 69.6 Å². The lowest BCUT2D eigenvalue weighted by atomic mass is 9.93. The number of hydrogen-bond donors (Lipinski definition) is 2. The van der Waals surface area contributed by atoms with E-state index in [0.717, 1.165) is 24.2 Å². The van der Waals surface area contributed by atoms with E-state index in [4.69, 9.17) is 4.98 Å². The second kappa shape index (κ2) is 9.09. The molecule has 1 aliphatic carbocycles. The van der Waals surface area contributed by atoms with Crippen molar-refractivity contribution in [3.8, 4) is 0 Å². The van der Waals surface area contributed by atoms with E-state index in [0.29, 0.717) is 6.04 Å². The van der Waals surface area contributed by atoms with Gasteiger partial charge in [-0.3, -0.25) is 4.99 Å². The lowest BCUT2D eigenvalue weighted by Crippen LogP contribution is -2.46. The lowest BCUT2D eigenvalue weighted by molar-refractivity contribution is 0.419. The lowest BCUT2D eigenvalue weighted by Gasteiger charge is -2.29. The van der Waals surface area contributed by atoms with Crippen molar-refractivity contribution in [1.29, 1.82) is 0 Å². The van der Waals surface area contributed by atoms with Gasteiger partial charge in [-0.25, -0.2) is 4.98 Å². The minimum atomic E-state index is 0.134. The Labute approximate surface area is 155 Å². The fraction of sp³-hybridized carbons (Fsp3) is 0.778. The molecule has 0 aromatic carbocycles. The summed E-state index contributed by atoms with van der Waals surface area (Å²) in [6.45, 7) is 7.50. The van der Waals surface area contributed by atoms with Crippen molar-refractivity contribution in [2.24, 2.45) is 4.99 Å². The number of nitrogens with one attached hydrogen (secondary N) is 2. The van der Waals surface area contributed by atoms with E-state index in [-0.39, 0.29) is 5.41 Å². The fourth-order valence-corrected chi connectivity index (χ4v) is 4.79. The van der Waals surface area contributed by atoms with Crippen LogP contribution in [0.25, 0.3) is 0 Å². The highest BCUT2D eigenvalue weighted by atomic mass is 32.2. The number of rotatable bonds is 5. The monoisotopic (exact) mass is 368 g/mol. The molecular formula is C18H32N4S2. The highest BCUT2D eigenvalue weighted by Crippen LogP contribution is 2.27. The first-order valence-corrected chi connectivity index (χ1v) is 11.0. The minimum Gasteiger partial charge on any atom is -0.356 e. The Hall–Kier alpha value is -0.750. The molecule has 2 rings (SSSR count). The number of aromatic nitrogens is 1. The normalized spacial score (nSPS) is 22.5. The van der Waals surface area contributed by atoms with E-state index in [1.165, 1.54) is 36.4 Å². The first kappa shape index (κ1) is 19.6. The van der Waals surface area contributed by atoms with Crippen LogP contribution in [-0.4, -0.2) is 42.1 Å². The molecule has 4 nitrogen and oxygen atoms in total. The maximum atomic E-state index is 4.76. The van der Waals surface area contributed by atoms with Crippen molar-refractivity contribution >= 4 is 29.1 Å². The summed E-state index contributed by atoms with van der Waals surface area (Å²) in [6, 6.07) is 0.551. The molecule has 0 amide bonds. The second-order valence-corrected chi connectivity index (χ2v) is 9.57. The van der Waals surface area contributed by atoms with Gasteiger partial charge in [0.15, 0.2) is 5.96 Å². The third-order valence-corrected chi connectivity index (χ3v) is 6.48. The maximum Gasteiger partial charge on any atom is 0.191 e. The Bertz CT molecular complexity index is 533. The van der Waals surface area contributed by atoms with Crippen molar-refractivity contribution in [1.82, 2.24) is 15.6 Å². The molecule has 1 fully saturated rings. The number of thioether (sulfide) groups is 1. The molecule has 1 aromatic heterocycles. The zero-order chi connectivity index (χ0) is 17.6. The molecule has 24 heavy (non-hydrogen) atoms. The van der Waals surface area contributed by atoms with E-state index in [9.17, 15) is 0 Å². The zero-order valence-corrected chi connectivity index (χ0v) is 17.3. The van der Waals surface area contributed by atoms with Crippen LogP contribution in [0.5, 0.6) is 0 Å². The molecule has 2 atom stereocenters. The summed E-state index contributed by atoms with van der Waals surface area (Å²) in [4.78, 5) is 9.14. The number of hydrogen-bond acceptors (Lipinski definition) is 4. The van der Waals surface area contributed by atoms with Gasteiger partial charge in [0.25, 0.3) is 0 Å². The standard InChI is InChI=1S/C18H32N4S2/c1-18(2,3)15-12-24-16(22-15)9-10-20-17(19-4)21-13-7-6-8-14(11-13)23-5/h12-14H,6-11H2,1-5H3,(H2,19,20,21). The van der Waals surface area contributed by atoms with Crippen LogP contribution in [-0.2, 0) is 11.8 Å². The van der Waals surface area contributed by atoms with Gasteiger partial charge in [0, 0.05) is 42.1 Å². The Balaban J connectivity index is 1.76. The largest absolute Gasteiger partial charge is 0.356 e. The van der Waals surface area contributed by atoms with Crippen LogP contribution in [0.1, 0.15) is 57.2 Å². The third-order valence-electron chi connectivity index (χ3n) is 4.48. The summed E-state index contributed by atoms with van der Waals surface area (Å²) in [7, 11) is 1.85. The van der Waals surface area contributed by atoms with Crippen LogP contribution in [0.2, 0.25) is 0 Å². The van der Waals surface area contributed by atoms with Gasteiger partial charge in [-0.05, 0) is 25.5 Å². The predicted octanol–water partition coefficient (Wildman–Crippen LogP) is 3.82. The molecule has 1 aliphatic rings. The summed E-state index contributed by atoms with van der Waals surface area (Å²) in [5, 5.41) is 11.2. The topological polar surface area (TPSA) is 49.3 Å². The Kier molecular flexibility index (Phi) is 7.41. The summed E-state index contributed by atoms with van der Waals surface area (Å²) < 4.78 is 0. The van der Waals surface area contributed by atoms with E-state index in [2.05, 4.69) is 48.0 Å².